The monoisotopic (exact) mass is 160 g/mol. The largest absolute Gasteiger partial charge is 0.289 e. The Morgan fingerprint density at radius 1 is 1.08 bits per heavy atom. The van der Waals surface area contributed by atoms with Gasteiger partial charge in [0.2, 0.25) is 0 Å². The van der Waals surface area contributed by atoms with Crippen molar-refractivity contribution in [1.82, 2.24) is 0 Å². The minimum Gasteiger partial charge on any atom is -0.289 e. The van der Waals surface area contributed by atoms with Gasteiger partial charge in [-0.1, -0.05) is 39.0 Å². The first-order chi connectivity index (χ1) is 5.52. The third kappa shape index (κ3) is 0.765. The summed E-state index contributed by atoms with van der Waals surface area (Å²) < 4.78 is 0. The summed E-state index contributed by atoms with van der Waals surface area (Å²) in [7, 11) is 0. The predicted molar refractivity (Wildman–Crippen MR) is 50.4 cm³/mol. The molecular weight excluding hydrogens is 148 g/mol. The Kier molecular flexibility index (Phi) is 1.24. The van der Waals surface area contributed by atoms with E-state index in [-0.39, 0.29) is 10.8 Å². The fourth-order valence-electron chi connectivity index (χ4n) is 1.78. The third-order valence-electron chi connectivity index (χ3n) is 2.31. The summed E-state index contributed by atoms with van der Waals surface area (Å²) in [6.07, 6.45) is 0. The normalized spacial score (nSPS) is 12.9. The van der Waals surface area contributed by atoms with Gasteiger partial charge < -0.3 is 0 Å². The van der Waals surface area contributed by atoms with Crippen molar-refractivity contribution >= 4 is 0 Å². The molecule has 2 aliphatic rings. The number of rotatable bonds is 0. The van der Waals surface area contributed by atoms with E-state index in [1.54, 1.807) is 0 Å². The molecule has 0 radical (unpaired) electrons. The maximum atomic E-state index is 11.5. The van der Waals surface area contributed by atoms with E-state index in [2.05, 4.69) is 20.8 Å². The molecule has 1 nitrogen and oxygen atoms in total. The van der Waals surface area contributed by atoms with Crippen molar-refractivity contribution in [3.8, 4) is 11.1 Å². The van der Waals surface area contributed by atoms with Gasteiger partial charge in [-0.2, -0.15) is 0 Å². The lowest BCUT2D eigenvalue weighted by atomic mass is 9.77. The van der Waals surface area contributed by atoms with Crippen LogP contribution in [-0.2, 0) is 5.41 Å². The molecule has 0 bridgehead atoms. The molecule has 0 aromatic heterocycles. The summed E-state index contributed by atoms with van der Waals surface area (Å²) in [6, 6.07) is 5.87. The van der Waals surface area contributed by atoms with Gasteiger partial charge in [-0.15, -0.1) is 0 Å². The van der Waals surface area contributed by atoms with Crippen LogP contribution in [0.1, 0.15) is 26.3 Å². The van der Waals surface area contributed by atoms with E-state index in [1.807, 2.05) is 18.2 Å². The molecule has 0 aliphatic heterocycles. The first kappa shape index (κ1) is 7.53. The van der Waals surface area contributed by atoms with Crippen molar-refractivity contribution in [3.05, 3.63) is 34.0 Å². The quantitative estimate of drug-likeness (QED) is 0.578. The molecule has 0 aromatic carbocycles. The van der Waals surface area contributed by atoms with Crippen LogP contribution in [-0.4, -0.2) is 0 Å². The summed E-state index contributed by atoms with van der Waals surface area (Å²) in [5, 5.41) is 0. The van der Waals surface area contributed by atoms with E-state index in [1.165, 1.54) is 0 Å². The van der Waals surface area contributed by atoms with Gasteiger partial charge in [0, 0.05) is 11.1 Å². The average Bonchev–Trinajstić information content (AvgIpc) is 2.27. The molecule has 0 N–H and O–H groups in total. The predicted octanol–water partition coefficient (Wildman–Crippen LogP) is 2.32. The zero-order valence-electron chi connectivity index (χ0n) is 7.64. The second-order valence-electron chi connectivity index (χ2n) is 4.31. The van der Waals surface area contributed by atoms with Gasteiger partial charge in [0.05, 0.1) is 0 Å². The Morgan fingerprint density at radius 3 is 2.25 bits per heavy atom. The molecule has 0 atom stereocenters. The van der Waals surface area contributed by atoms with Gasteiger partial charge in [-0.25, -0.2) is 0 Å². The molecule has 62 valence electrons. The standard InChI is InChI=1S/C11H12O/c1-11(2,3)9-7-5-4-6-8(7)10(9)12/h4-6H,1-3H3. The Morgan fingerprint density at radius 2 is 1.67 bits per heavy atom. The lowest BCUT2D eigenvalue weighted by Gasteiger charge is -2.25. The molecule has 0 amide bonds. The van der Waals surface area contributed by atoms with E-state index < -0.39 is 0 Å². The zero-order valence-corrected chi connectivity index (χ0v) is 7.64. The van der Waals surface area contributed by atoms with Gasteiger partial charge >= 0.3 is 0 Å². The fraction of sp³-hybridized carbons (Fsp3) is 0.364. The maximum absolute atomic E-state index is 11.5. The van der Waals surface area contributed by atoms with Crippen molar-refractivity contribution in [2.75, 3.05) is 0 Å². The second-order valence-corrected chi connectivity index (χ2v) is 4.31. The number of hydrogen-bond donors (Lipinski definition) is 0. The lowest BCUT2D eigenvalue weighted by molar-refractivity contribution is 0.583. The minimum atomic E-state index is -0.00155. The summed E-state index contributed by atoms with van der Waals surface area (Å²) in [5.41, 5.74) is 3.29. The SMILES string of the molecule is CC(C)(C)c1c2cccc-2c1=O. The van der Waals surface area contributed by atoms with Gasteiger partial charge in [0.25, 0.3) is 0 Å². The summed E-state index contributed by atoms with van der Waals surface area (Å²) in [4.78, 5) is 11.5. The highest BCUT2D eigenvalue weighted by Crippen LogP contribution is 2.35. The van der Waals surface area contributed by atoms with Crippen LogP contribution in [0, 0.1) is 0 Å². The molecule has 2 aliphatic carbocycles. The van der Waals surface area contributed by atoms with E-state index in [0.717, 1.165) is 16.7 Å². The molecule has 0 heterocycles. The smallest absolute Gasteiger partial charge is 0.190 e. The molecule has 2 rings (SSSR count). The molecule has 0 saturated heterocycles. The van der Waals surface area contributed by atoms with Gasteiger partial charge in [0.1, 0.15) is 0 Å². The first-order valence-corrected chi connectivity index (χ1v) is 4.20. The summed E-state index contributed by atoms with van der Waals surface area (Å²) >= 11 is 0. The molecule has 12 heavy (non-hydrogen) atoms. The number of hydrogen-bond acceptors (Lipinski definition) is 1. The van der Waals surface area contributed by atoms with Gasteiger partial charge in [0.15, 0.2) is 5.43 Å². The molecule has 1 heteroatoms. The van der Waals surface area contributed by atoms with Crippen molar-refractivity contribution < 1.29 is 0 Å². The van der Waals surface area contributed by atoms with E-state index >= 15 is 0 Å². The first-order valence-electron chi connectivity index (χ1n) is 4.20. The highest BCUT2D eigenvalue weighted by molar-refractivity contribution is 5.78. The van der Waals surface area contributed by atoms with E-state index in [9.17, 15) is 4.79 Å². The summed E-state index contributed by atoms with van der Waals surface area (Å²) in [5.74, 6) is 0. The molecule has 0 spiro atoms. The third-order valence-corrected chi connectivity index (χ3v) is 2.31. The molecular formula is C11H12O. The van der Waals surface area contributed by atoms with Crippen LogP contribution in [0.5, 0.6) is 0 Å². The molecule has 0 saturated carbocycles. The van der Waals surface area contributed by atoms with Crippen molar-refractivity contribution in [1.29, 1.82) is 0 Å². The topological polar surface area (TPSA) is 17.1 Å². The van der Waals surface area contributed by atoms with Crippen LogP contribution in [0.25, 0.3) is 11.1 Å². The highest BCUT2D eigenvalue weighted by atomic mass is 16.1. The molecule has 0 fully saturated rings. The van der Waals surface area contributed by atoms with Crippen molar-refractivity contribution in [2.45, 2.75) is 26.2 Å². The number of fused-ring (bicyclic) bond motifs is 1. The highest BCUT2D eigenvalue weighted by Gasteiger charge is 2.29. The van der Waals surface area contributed by atoms with Crippen molar-refractivity contribution in [3.63, 3.8) is 0 Å². The van der Waals surface area contributed by atoms with Crippen LogP contribution >= 0.6 is 0 Å². The van der Waals surface area contributed by atoms with Crippen LogP contribution in [0.15, 0.2) is 23.0 Å². The van der Waals surface area contributed by atoms with Crippen LogP contribution in [0.3, 0.4) is 0 Å². The van der Waals surface area contributed by atoms with Gasteiger partial charge in [-0.05, 0) is 11.0 Å². The molecule has 0 unspecified atom stereocenters. The van der Waals surface area contributed by atoms with Crippen molar-refractivity contribution in [2.24, 2.45) is 0 Å². The van der Waals surface area contributed by atoms with Crippen LogP contribution < -0.4 is 5.43 Å². The second kappa shape index (κ2) is 1.98. The Balaban J connectivity index is 2.70. The van der Waals surface area contributed by atoms with E-state index in [4.69, 9.17) is 0 Å². The van der Waals surface area contributed by atoms with E-state index in [0.29, 0.717) is 0 Å². The Hall–Kier alpha value is -1.11. The minimum absolute atomic E-state index is 0.00155. The zero-order chi connectivity index (χ0) is 8.93. The van der Waals surface area contributed by atoms with Crippen LogP contribution in [0.2, 0.25) is 0 Å². The van der Waals surface area contributed by atoms with Gasteiger partial charge in [-0.3, -0.25) is 4.79 Å². The maximum Gasteiger partial charge on any atom is 0.190 e. The lowest BCUT2D eigenvalue weighted by Crippen LogP contribution is -2.29. The average molecular weight is 160 g/mol. The van der Waals surface area contributed by atoms with Crippen LogP contribution in [0.4, 0.5) is 0 Å². The summed E-state index contributed by atoms with van der Waals surface area (Å²) in [6.45, 7) is 6.24. The Bertz CT molecular complexity index is 397. The fourth-order valence-corrected chi connectivity index (χ4v) is 1.78. The molecule has 0 aromatic rings. The Labute approximate surface area is 72.1 Å².